The van der Waals surface area contributed by atoms with Crippen LogP contribution >= 0.6 is 0 Å². The zero-order valence-electron chi connectivity index (χ0n) is 88.6. The first-order valence-electron chi connectivity index (χ1n) is 51.5. The van der Waals surface area contributed by atoms with E-state index in [2.05, 4.69) is 551 Å². The molecular formula is C136H132N10+10. The summed E-state index contributed by atoms with van der Waals surface area (Å²) < 4.78 is 23.0. The number of hydrogen-bond donors (Lipinski definition) is 0. The lowest BCUT2D eigenvalue weighted by atomic mass is 9.96. The van der Waals surface area contributed by atoms with E-state index < -0.39 is 0 Å². The molecule has 0 unspecified atom stereocenters. The molecule has 0 aliphatic heterocycles. The van der Waals surface area contributed by atoms with Crippen LogP contribution in [0.25, 0.3) is 169 Å². The number of aryl methyl sites for hydroxylation is 13. The minimum Gasteiger partial charge on any atom is -0.196 e. The van der Waals surface area contributed by atoms with Gasteiger partial charge in [-0.05, 0) is 284 Å². The van der Waals surface area contributed by atoms with Gasteiger partial charge in [0.15, 0.2) is 31.0 Å². The van der Waals surface area contributed by atoms with E-state index in [1.807, 2.05) is 0 Å². The Kier molecular flexibility index (Phi) is 25.9. The quantitative estimate of drug-likeness (QED) is 0.122. The van der Waals surface area contributed by atoms with Crippen LogP contribution in [-0.4, -0.2) is 0 Å². The molecule has 10 heteroatoms. The standard InChI is InChI=1S/3C28H28N2.2C26H24N2/c1-18-13-19(2)20(3)24(14-18)26-11-8-12-27(30(26)5)28-16-25-22(17-29(28)4)15-21-9-6-7-10-23(21)25;1-18-13-19(2)20(3)24(14-18)26-11-8-12-27(30(26)5)28-16-22-15-21-9-6-7-10-23(21)25(22)17-29(28)4;1-18-15-19(2)20(3)24(16-18)25-11-8-12-26(30(25)5)28-27-22(13-14-29(28)4)17-21-9-6-7-10-23(21)27;1-18-9-4-6-11-21(18)24-13-8-14-25(28(24)3)26-16-23-20(17-27(26)2)15-19-10-5-7-12-22(19)23;1-18-9-4-6-11-21(18)24-13-8-14-25(28(24)3)26-16-20-15-19-10-5-7-12-22(19)23(20)17-27(26)2/h2*6-14,16-17H,15H2,1-5H3;6-16H,17H2,1-5H3;2*4-14,16-17H,15H2,1-3H3/q5*+2. The summed E-state index contributed by atoms with van der Waals surface area (Å²) in [7, 11) is 21.7. The summed E-state index contributed by atoms with van der Waals surface area (Å²) in [6, 6.07) is 120. The number of pyridine rings is 10. The Morgan fingerprint density at radius 3 is 0.767 bits per heavy atom. The molecule has 0 fully saturated rings. The number of fused-ring (bicyclic) bond motifs is 15. The summed E-state index contributed by atoms with van der Waals surface area (Å²) in [5, 5.41) is 0. The summed E-state index contributed by atoms with van der Waals surface area (Å²) >= 11 is 0. The van der Waals surface area contributed by atoms with Gasteiger partial charge in [-0.25, -0.2) is 0 Å². The Labute approximate surface area is 862 Å². The van der Waals surface area contributed by atoms with Crippen LogP contribution in [0.4, 0.5) is 0 Å². The largest absolute Gasteiger partial charge is 0.285 e. The molecule has 10 nitrogen and oxygen atoms in total. The van der Waals surface area contributed by atoms with E-state index in [9.17, 15) is 0 Å². The third-order valence-corrected chi connectivity index (χ3v) is 31.8. The summed E-state index contributed by atoms with van der Waals surface area (Å²) in [6.07, 6.45) is 16.5. The molecule has 0 amide bonds. The number of nitrogens with zero attached hydrogens (tertiary/aromatic N) is 10. The first kappa shape index (κ1) is 95.9. The Balaban J connectivity index is 0.000000107. The van der Waals surface area contributed by atoms with Crippen LogP contribution < -0.4 is 45.7 Å². The Morgan fingerprint density at radius 2 is 0.418 bits per heavy atom. The van der Waals surface area contributed by atoms with Crippen LogP contribution in [0.3, 0.4) is 0 Å². The highest BCUT2D eigenvalue weighted by Gasteiger charge is 2.38. The third kappa shape index (κ3) is 17.8. The number of hydrogen-bond acceptors (Lipinski definition) is 0. The average molecular weight is 1910 g/mol. The Bertz CT molecular complexity index is 8720. The first-order chi connectivity index (χ1) is 70.6. The zero-order chi connectivity index (χ0) is 101. The van der Waals surface area contributed by atoms with Crippen molar-refractivity contribution >= 4 is 0 Å². The van der Waals surface area contributed by atoms with Gasteiger partial charge in [-0.1, -0.05) is 193 Å². The molecule has 5 aliphatic rings. The van der Waals surface area contributed by atoms with E-state index in [0.717, 1.165) is 32.1 Å². The van der Waals surface area contributed by atoms with E-state index in [1.54, 1.807) is 0 Å². The van der Waals surface area contributed by atoms with Crippen LogP contribution in [0.15, 0.2) is 359 Å². The average Bonchev–Trinajstić information content (AvgIpc) is 1.55. The zero-order valence-corrected chi connectivity index (χ0v) is 88.6. The van der Waals surface area contributed by atoms with Crippen LogP contribution in [0.2, 0.25) is 0 Å². The molecule has 20 aromatic rings. The number of benzene rings is 10. The highest BCUT2D eigenvalue weighted by Crippen LogP contribution is 2.45. The molecule has 0 spiro atoms. The number of rotatable bonds is 10. The van der Waals surface area contributed by atoms with Gasteiger partial charge in [0.2, 0.25) is 28.5 Å². The monoisotopic (exact) mass is 1910 g/mol. The molecule has 5 aliphatic carbocycles. The van der Waals surface area contributed by atoms with Crippen LogP contribution in [0.1, 0.15) is 117 Å². The van der Waals surface area contributed by atoms with Gasteiger partial charge in [-0.2, -0.15) is 45.7 Å². The van der Waals surface area contributed by atoms with Crippen molar-refractivity contribution in [2.45, 2.75) is 108 Å². The lowest BCUT2D eigenvalue weighted by molar-refractivity contribution is -0.685. The van der Waals surface area contributed by atoms with Gasteiger partial charge in [0.25, 0.3) is 56.9 Å². The summed E-state index contributed by atoms with van der Waals surface area (Å²) in [6.45, 7) is 24.2. The molecule has 10 aromatic carbocycles. The molecule has 0 radical (unpaired) electrons. The fourth-order valence-electron chi connectivity index (χ4n) is 23.7. The summed E-state index contributed by atoms with van der Waals surface area (Å²) in [5.74, 6) is 0. The van der Waals surface area contributed by atoms with Gasteiger partial charge in [-0.15, -0.1) is 0 Å². The van der Waals surface area contributed by atoms with Crippen molar-refractivity contribution in [2.24, 2.45) is 70.5 Å². The molecule has 0 bridgehead atoms. The van der Waals surface area contributed by atoms with Gasteiger partial charge >= 0.3 is 0 Å². The van der Waals surface area contributed by atoms with Crippen LogP contribution in [0, 0.1) is 76.2 Å². The van der Waals surface area contributed by atoms with Crippen molar-refractivity contribution in [1.82, 2.24) is 0 Å². The van der Waals surface area contributed by atoms with E-state index in [4.69, 9.17) is 0 Å². The molecule has 0 saturated heterocycles. The normalized spacial score (nSPS) is 12.0. The lowest BCUT2D eigenvalue weighted by Crippen LogP contribution is -2.40. The molecule has 25 rings (SSSR count). The van der Waals surface area contributed by atoms with Gasteiger partial charge in [-0.3, -0.25) is 0 Å². The van der Waals surface area contributed by atoms with E-state index in [1.165, 1.54) is 286 Å². The second-order valence-electron chi connectivity index (χ2n) is 41.3. The molecule has 10 aromatic heterocycles. The highest BCUT2D eigenvalue weighted by atomic mass is 15.1. The fraction of sp³-hybridized carbons (Fsp3) is 0.191. The van der Waals surface area contributed by atoms with Crippen molar-refractivity contribution in [2.75, 3.05) is 0 Å². The Morgan fingerprint density at radius 1 is 0.158 bits per heavy atom. The molecular weight excluding hydrogens is 1770 g/mol. The smallest absolute Gasteiger partial charge is 0.196 e. The van der Waals surface area contributed by atoms with Gasteiger partial charge in [0.1, 0.15) is 70.5 Å². The molecule has 0 saturated carbocycles. The lowest BCUT2D eigenvalue weighted by Gasteiger charge is -2.11. The molecule has 146 heavy (non-hydrogen) atoms. The highest BCUT2D eigenvalue weighted by molar-refractivity contribution is 5.87. The predicted molar refractivity (Wildman–Crippen MR) is 592 cm³/mol. The summed E-state index contributed by atoms with van der Waals surface area (Å²) in [5.41, 5.74) is 67.5. The SMILES string of the molecule is Cc1cc(C)c(C)c(-c2cccc(-c3c4c(cc[n+]3C)Cc3ccccc3-4)[n+]2C)c1.Cc1cc(C)c(C)c(-c2cccc(-c3cc4c(c[n+]3C)-c3ccccc3C4)[n+]2C)c1.Cc1cc(C)c(C)c(-c2cccc(-c3cc4c(c[n+]3C)Cc3ccccc3-4)[n+]2C)c1.Cc1ccccc1-c1cccc(-c2cc3c(c[n+]2C)-c2ccccc2C3)[n+]1C.Cc1ccccc1-c1cccc(-c2cc3c(c[n+]2C)Cc2ccccc2-3)[n+]1C. The minimum atomic E-state index is 1.01. The van der Waals surface area contributed by atoms with E-state index in [-0.39, 0.29) is 0 Å². The maximum absolute atomic E-state index is 2.38. The number of aromatic nitrogens is 10. The van der Waals surface area contributed by atoms with Crippen molar-refractivity contribution in [3.05, 3.63) is 475 Å². The maximum atomic E-state index is 2.38. The predicted octanol–water partition coefficient (Wildman–Crippen LogP) is 24.6. The summed E-state index contributed by atoms with van der Waals surface area (Å²) in [4.78, 5) is 0. The second kappa shape index (κ2) is 39.4. The van der Waals surface area contributed by atoms with Crippen LogP contribution in [-0.2, 0) is 103 Å². The van der Waals surface area contributed by atoms with Crippen LogP contribution in [0.5, 0.6) is 0 Å². The van der Waals surface area contributed by atoms with Crippen molar-refractivity contribution < 1.29 is 45.7 Å². The minimum absolute atomic E-state index is 1.01. The van der Waals surface area contributed by atoms with E-state index in [0.29, 0.717) is 0 Å². The molecule has 0 N–H and O–H groups in total. The van der Waals surface area contributed by atoms with E-state index >= 15 is 0 Å². The third-order valence-electron chi connectivity index (χ3n) is 31.8. The van der Waals surface area contributed by atoms with Gasteiger partial charge < -0.3 is 0 Å². The fourth-order valence-corrected chi connectivity index (χ4v) is 23.7. The first-order valence-corrected chi connectivity index (χ1v) is 51.5. The maximum Gasteiger partial charge on any atom is 0.285 e. The van der Waals surface area contributed by atoms with Gasteiger partial charge in [0, 0.05) is 154 Å². The topological polar surface area (TPSA) is 38.8 Å². The Hall–Kier alpha value is -16.3. The van der Waals surface area contributed by atoms with Gasteiger partial charge in [0.05, 0.1) is 5.56 Å². The molecule has 716 valence electrons. The van der Waals surface area contributed by atoms with Crippen molar-refractivity contribution in [3.8, 4) is 169 Å². The van der Waals surface area contributed by atoms with Crippen molar-refractivity contribution in [1.29, 1.82) is 0 Å². The molecule has 10 heterocycles. The second-order valence-corrected chi connectivity index (χ2v) is 41.3. The van der Waals surface area contributed by atoms with Crippen molar-refractivity contribution in [3.63, 3.8) is 0 Å². The molecule has 0 atom stereocenters.